The molecule has 4 N–H and O–H groups in total. The molecule has 0 bridgehead atoms. The Balaban J connectivity index is 1.27. The predicted molar refractivity (Wildman–Crippen MR) is 141 cm³/mol. The van der Waals surface area contributed by atoms with E-state index in [9.17, 15) is 15.2 Å². The number of ether oxygens (including phenoxy) is 1. The first-order valence-corrected chi connectivity index (χ1v) is 13.9. The van der Waals surface area contributed by atoms with Gasteiger partial charge in [0.25, 0.3) is 0 Å². The van der Waals surface area contributed by atoms with Crippen molar-refractivity contribution in [1.29, 1.82) is 5.26 Å². The van der Waals surface area contributed by atoms with Gasteiger partial charge >= 0.3 is 6.01 Å². The number of nitrogens with two attached hydrogens (primary N) is 1. The number of carbonyl (C=O) groups excluding carboxylic acids is 1. The summed E-state index contributed by atoms with van der Waals surface area (Å²) in [5.74, 6) is 1.56. The van der Waals surface area contributed by atoms with Crippen molar-refractivity contribution in [1.82, 2.24) is 15.3 Å². The first-order chi connectivity index (χ1) is 17.7. The number of nitrogens with zero attached hydrogens (tertiary/aromatic N) is 5. The van der Waals surface area contributed by atoms with Crippen molar-refractivity contribution in [3.63, 3.8) is 0 Å². The third kappa shape index (κ3) is 4.46. The highest BCUT2D eigenvalue weighted by Gasteiger charge is 2.50. The number of carbonyl (C=O) groups is 1. The van der Waals surface area contributed by atoms with E-state index in [1.807, 2.05) is 13.0 Å². The second-order valence-corrected chi connectivity index (χ2v) is 12.4. The lowest BCUT2D eigenvalue weighted by atomic mass is 9.66. The summed E-state index contributed by atoms with van der Waals surface area (Å²) in [6.07, 6.45) is 5.98. The summed E-state index contributed by atoms with van der Waals surface area (Å²) >= 11 is 1.56. The summed E-state index contributed by atoms with van der Waals surface area (Å²) in [6.45, 7) is 5.00. The molecule has 1 spiro atoms. The van der Waals surface area contributed by atoms with Gasteiger partial charge in [0.15, 0.2) is 0 Å². The third-order valence-corrected chi connectivity index (χ3v) is 9.28. The average Bonchev–Trinajstić information content (AvgIpc) is 3.41. The highest BCUT2D eigenvalue weighted by Crippen LogP contribution is 2.51. The van der Waals surface area contributed by atoms with Crippen molar-refractivity contribution in [3.05, 3.63) is 22.1 Å². The van der Waals surface area contributed by atoms with E-state index in [4.69, 9.17) is 20.4 Å². The molecule has 1 aliphatic carbocycles. The molecule has 2 atom stereocenters. The standard InChI is InChI=1S/C26H33N7O3S/c1-25(35)7-3-9-32(13-25)19-10-20(31-24(30-19)36-12-16-5-6-21(34)29-16)33-14-26(15-33)8-2-4-18-22(26)17(11-27)23(28)37-18/h10,16,35H,2-9,12-15,28H2,1H3,(H,29,34)/t16-,25+/m0/s1. The molecule has 3 aliphatic heterocycles. The van der Waals surface area contributed by atoms with Crippen molar-refractivity contribution < 1.29 is 14.6 Å². The molecule has 196 valence electrons. The van der Waals surface area contributed by atoms with Crippen LogP contribution >= 0.6 is 11.3 Å². The fourth-order valence-electron chi connectivity index (χ4n) is 6.40. The van der Waals surface area contributed by atoms with Gasteiger partial charge in [0, 0.05) is 49.0 Å². The third-order valence-electron chi connectivity index (χ3n) is 8.20. The van der Waals surface area contributed by atoms with E-state index in [1.54, 1.807) is 11.3 Å². The highest BCUT2D eigenvalue weighted by molar-refractivity contribution is 7.16. The monoisotopic (exact) mass is 523 g/mol. The van der Waals surface area contributed by atoms with Crippen LogP contribution in [0.25, 0.3) is 0 Å². The summed E-state index contributed by atoms with van der Waals surface area (Å²) in [5.41, 5.74) is 7.15. The van der Waals surface area contributed by atoms with Gasteiger partial charge in [0.05, 0.1) is 17.2 Å². The normalized spacial score (nSPS) is 26.4. The molecular formula is C26H33N7O3S. The first-order valence-electron chi connectivity index (χ1n) is 13.1. The second kappa shape index (κ2) is 9.03. The Kier molecular flexibility index (Phi) is 5.92. The molecule has 2 aromatic rings. The highest BCUT2D eigenvalue weighted by atomic mass is 32.1. The summed E-state index contributed by atoms with van der Waals surface area (Å²) < 4.78 is 6.00. The smallest absolute Gasteiger partial charge is 0.320 e. The SMILES string of the molecule is C[C@@]1(O)CCCN(c2cc(N3CC4(CCCc5sc(N)c(C#N)c54)C3)nc(OC[C@@H]3CCC(=O)N3)n2)C1. The number of thiophene rings is 1. The maximum Gasteiger partial charge on any atom is 0.320 e. The summed E-state index contributed by atoms with van der Waals surface area (Å²) in [5, 5.41) is 24.0. The molecule has 6 rings (SSSR count). The first kappa shape index (κ1) is 24.2. The Morgan fingerprint density at radius 3 is 2.73 bits per heavy atom. The van der Waals surface area contributed by atoms with E-state index < -0.39 is 5.60 Å². The molecule has 4 aliphatic rings. The fourth-order valence-corrected chi connectivity index (χ4v) is 7.59. The van der Waals surface area contributed by atoms with Crippen LogP contribution in [0.4, 0.5) is 16.6 Å². The minimum Gasteiger partial charge on any atom is -0.461 e. The van der Waals surface area contributed by atoms with E-state index >= 15 is 0 Å². The van der Waals surface area contributed by atoms with Gasteiger partial charge in [0.1, 0.15) is 29.3 Å². The number of rotatable bonds is 5. The van der Waals surface area contributed by atoms with Crippen LogP contribution in [0.15, 0.2) is 6.07 Å². The number of hydrogen-bond acceptors (Lipinski definition) is 10. The van der Waals surface area contributed by atoms with Crippen molar-refractivity contribution >= 4 is 33.9 Å². The Morgan fingerprint density at radius 1 is 1.24 bits per heavy atom. The van der Waals surface area contributed by atoms with Crippen LogP contribution in [-0.4, -0.2) is 65.4 Å². The minimum atomic E-state index is -0.773. The molecule has 0 radical (unpaired) electrons. The zero-order chi connectivity index (χ0) is 25.8. The summed E-state index contributed by atoms with van der Waals surface area (Å²) in [4.78, 5) is 26.6. The largest absolute Gasteiger partial charge is 0.461 e. The Labute approximate surface area is 220 Å². The average molecular weight is 524 g/mol. The molecule has 0 unspecified atom stereocenters. The number of fused-ring (bicyclic) bond motifs is 2. The lowest BCUT2D eigenvalue weighted by Gasteiger charge is -2.53. The summed E-state index contributed by atoms with van der Waals surface area (Å²) in [7, 11) is 0. The van der Waals surface area contributed by atoms with Crippen LogP contribution in [0.5, 0.6) is 6.01 Å². The topological polar surface area (TPSA) is 141 Å². The van der Waals surface area contributed by atoms with Crippen molar-refractivity contribution in [2.75, 3.05) is 48.3 Å². The molecule has 1 amide bonds. The van der Waals surface area contributed by atoms with Crippen molar-refractivity contribution in [2.24, 2.45) is 0 Å². The van der Waals surface area contributed by atoms with Gasteiger partial charge in [0.2, 0.25) is 5.91 Å². The molecule has 10 nitrogen and oxygen atoms in total. The molecule has 0 aromatic carbocycles. The quantitative estimate of drug-likeness (QED) is 0.537. The number of nitriles is 1. The van der Waals surface area contributed by atoms with E-state index in [-0.39, 0.29) is 23.4 Å². The number of piperidine rings is 1. The Bertz CT molecular complexity index is 1260. The molecule has 2 aromatic heterocycles. The fraction of sp³-hybridized carbons (Fsp3) is 0.615. The molecule has 5 heterocycles. The number of anilines is 3. The molecular weight excluding hydrogens is 490 g/mol. The predicted octanol–water partition coefficient (Wildman–Crippen LogP) is 2.09. The number of amides is 1. The van der Waals surface area contributed by atoms with Crippen molar-refractivity contribution in [3.8, 4) is 12.1 Å². The van der Waals surface area contributed by atoms with Crippen LogP contribution in [0.1, 0.15) is 61.5 Å². The van der Waals surface area contributed by atoms with Crippen LogP contribution in [0.2, 0.25) is 0 Å². The zero-order valence-corrected chi connectivity index (χ0v) is 21.9. The van der Waals surface area contributed by atoms with Gasteiger partial charge < -0.3 is 30.7 Å². The van der Waals surface area contributed by atoms with Crippen molar-refractivity contribution in [2.45, 2.75) is 68.9 Å². The number of hydrogen-bond donors (Lipinski definition) is 3. The van der Waals surface area contributed by atoms with Gasteiger partial charge in [-0.2, -0.15) is 15.2 Å². The molecule has 37 heavy (non-hydrogen) atoms. The van der Waals surface area contributed by atoms with Gasteiger partial charge in [-0.3, -0.25) is 4.79 Å². The van der Waals surface area contributed by atoms with Crippen LogP contribution in [0, 0.1) is 11.3 Å². The summed E-state index contributed by atoms with van der Waals surface area (Å²) in [6, 6.07) is 4.58. The number of aryl methyl sites for hydroxylation is 1. The molecule has 11 heteroatoms. The molecule has 0 saturated carbocycles. The van der Waals surface area contributed by atoms with Gasteiger partial charge in [-0.25, -0.2) is 0 Å². The Morgan fingerprint density at radius 2 is 2.03 bits per heavy atom. The maximum atomic E-state index is 11.6. The lowest BCUT2D eigenvalue weighted by Crippen LogP contribution is -2.61. The van der Waals surface area contributed by atoms with Gasteiger partial charge in [-0.1, -0.05) is 0 Å². The maximum absolute atomic E-state index is 11.6. The van der Waals surface area contributed by atoms with Crippen LogP contribution < -0.4 is 25.6 Å². The molecule has 3 fully saturated rings. The van der Waals surface area contributed by atoms with E-state index in [0.717, 1.165) is 75.4 Å². The number of nitrogen functional groups attached to an aromatic ring is 1. The van der Waals surface area contributed by atoms with E-state index in [0.29, 0.717) is 30.1 Å². The number of aromatic nitrogens is 2. The number of β-amino-alcohol motifs (C(OH)–C–C–N with tert-alkyl or cyclic N) is 1. The number of aliphatic hydroxyl groups is 1. The molecule has 3 saturated heterocycles. The lowest BCUT2D eigenvalue weighted by molar-refractivity contribution is -0.119. The van der Waals surface area contributed by atoms with E-state index in [1.165, 1.54) is 4.88 Å². The van der Waals surface area contributed by atoms with Gasteiger partial charge in [-0.15, -0.1) is 11.3 Å². The van der Waals surface area contributed by atoms with E-state index in [2.05, 4.69) is 21.2 Å². The Hall–Kier alpha value is -3.10. The zero-order valence-electron chi connectivity index (χ0n) is 21.1. The van der Waals surface area contributed by atoms with Crippen LogP contribution in [0.3, 0.4) is 0 Å². The number of nitrogens with one attached hydrogen (secondary N) is 1. The second-order valence-electron chi connectivity index (χ2n) is 11.2. The van der Waals surface area contributed by atoms with Crippen LogP contribution in [-0.2, 0) is 16.6 Å². The minimum absolute atomic E-state index is 0.0414. The van der Waals surface area contributed by atoms with Gasteiger partial charge in [-0.05, 0) is 51.0 Å².